The van der Waals surface area contributed by atoms with E-state index in [1.54, 1.807) is 12.4 Å². The highest BCUT2D eigenvalue weighted by atomic mass is 14.8. The Morgan fingerprint density at radius 2 is 1.93 bits per heavy atom. The molecule has 3 heteroatoms. The minimum atomic E-state index is 0.105. The SMILES string of the molecule is CCCCCCC(N)c1cncnc1. The molecule has 0 radical (unpaired) electrons. The van der Waals surface area contributed by atoms with Gasteiger partial charge in [0.25, 0.3) is 0 Å². The maximum absolute atomic E-state index is 6.00. The van der Waals surface area contributed by atoms with Crippen molar-refractivity contribution in [3.05, 3.63) is 24.3 Å². The summed E-state index contributed by atoms with van der Waals surface area (Å²) in [6.45, 7) is 2.21. The fourth-order valence-corrected chi connectivity index (χ4v) is 1.46. The first-order valence-corrected chi connectivity index (χ1v) is 5.35. The Labute approximate surface area is 85.8 Å². The number of nitrogens with zero attached hydrogens (tertiary/aromatic N) is 2. The van der Waals surface area contributed by atoms with Crippen molar-refractivity contribution in [1.82, 2.24) is 9.97 Å². The molecule has 1 rings (SSSR count). The van der Waals surface area contributed by atoms with Crippen LogP contribution >= 0.6 is 0 Å². The van der Waals surface area contributed by atoms with Crippen molar-refractivity contribution in [2.75, 3.05) is 0 Å². The highest BCUT2D eigenvalue weighted by Gasteiger charge is 2.04. The van der Waals surface area contributed by atoms with Gasteiger partial charge in [0.1, 0.15) is 6.33 Å². The molecular formula is C11H19N3. The van der Waals surface area contributed by atoms with Gasteiger partial charge in [0.05, 0.1) is 0 Å². The molecule has 0 aromatic carbocycles. The van der Waals surface area contributed by atoms with E-state index in [1.807, 2.05) is 0 Å². The largest absolute Gasteiger partial charge is 0.324 e. The Morgan fingerprint density at radius 3 is 2.57 bits per heavy atom. The zero-order chi connectivity index (χ0) is 10.2. The fourth-order valence-electron chi connectivity index (χ4n) is 1.46. The lowest BCUT2D eigenvalue weighted by atomic mass is 10.0. The van der Waals surface area contributed by atoms with Crippen LogP contribution in [-0.2, 0) is 0 Å². The van der Waals surface area contributed by atoms with Crippen LogP contribution < -0.4 is 5.73 Å². The molecule has 0 saturated carbocycles. The van der Waals surface area contributed by atoms with Gasteiger partial charge in [-0.3, -0.25) is 0 Å². The summed E-state index contributed by atoms with van der Waals surface area (Å²) >= 11 is 0. The fraction of sp³-hybridized carbons (Fsp3) is 0.636. The summed E-state index contributed by atoms with van der Waals surface area (Å²) in [6.07, 6.45) is 11.2. The molecule has 3 nitrogen and oxygen atoms in total. The second-order valence-electron chi connectivity index (χ2n) is 3.63. The van der Waals surface area contributed by atoms with E-state index in [0.717, 1.165) is 12.0 Å². The second-order valence-corrected chi connectivity index (χ2v) is 3.63. The van der Waals surface area contributed by atoms with Crippen LogP contribution in [0.15, 0.2) is 18.7 Å². The zero-order valence-electron chi connectivity index (χ0n) is 8.82. The van der Waals surface area contributed by atoms with Crippen molar-refractivity contribution in [2.24, 2.45) is 5.73 Å². The first-order valence-electron chi connectivity index (χ1n) is 5.35. The van der Waals surface area contributed by atoms with Crippen LogP contribution in [0.3, 0.4) is 0 Å². The molecule has 1 aromatic heterocycles. The van der Waals surface area contributed by atoms with Gasteiger partial charge in [-0.25, -0.2) is 9.97 Å². The molecule has 1 heterocycles. The van der Waals surface area contributed by atoms with Crippen molar-refractivity contribution in [2.45, 2.75) is 45.1 Å². The van der Waals surface area contributed by atoms with E-state index in [9.17, 15) is 0 Å². The summed E-state index contributed by atoms with van der Waals surface area (Å²) in [5.41, 5.74) is 7.04. The predicted molar refractivity (Wildman–Crippen MR) is 57.7 cm³/mol. The summed E-state index contributed by atoms with van der Waals surface area (Å²) in [6, 6.07) is 0.105. The van der Waals surface area contributed by atoms with Crippen molar-refractivity contribution in [3.8, 4) is 0 Å². The molecule has 2 N–H and O–H groups in total. The van der Waals surface area contributed by atoms with Crippen LogP contribution in [0.1, 0.15) is 50.6 Å². The number of unbranched alkanes of at least 4 members (excludes halogenated alkanes) is 3. The quantitative estimate of drug-likeness (QED) is 0.706. The van der Waals surface area contributed by atoms with Crippen LogP contribution in [0.5, 0.6) is 0 Å². The average Bonchev–Trinajstić information content (AvgIpc) is 2.25. The maximum Gasteiger partial charge on any atom is 0.115 e. The van der Waals surface area contributed by atoms with E-state index in [0.29, 0.717) is 0 Å². The van der Waals surface area contributed by atoms with Crippen LogP contribution in [0.2, 0.25) is 0 Å². The molecular weight excluding hydrogens is 174 g/mol. The van der Waals surface area contributed by atoms with E-state index < -0.39 is 0 Å². The van der Waals surface area contributed by atoms with Gasteiger partial charge in [-0.2, -0.15) is 0 Å². The number of hydrogen-bond donors (Lipinski definition) is 1. The van der Waals surface area contributed by atoms with Gasteiger partial charge < -0.3 is 5.73 Å². The van der Waals surface area contributed by atoms with Gasteiger partial charge in [-0.05, 0) is 6.42 Å². The van der Waals surface area contributed by atoms with Gasteiger partial charge in [0.2, 0.25) is 0 Å². The second kappa shape index (κ2) is 6.49. The third kappa shape index (κ3) is 3.83. The van der Waals surface area contributed by atoms with Crippen molar-refractivity contribution in [1.29, 1.82) is 0 Å². The predicted octanol–water partition coefficient (Wildman–Crippen LogP) is 2.45. The molecule has 0 saturated heterocycles. The minimum absolute atomic E-state index is 0.105. The van der Waals surface area contributed by atoms with Gasteiger partial charge in [0, 0.05) is 24.0 Å². The van der Waals surface area contributed by atoms with Gasteiger partial charge in [0.15, 0.2) is 0 Å². The molecule has 0 aliphatic rings. The lowest BCUT2D eigenvalue weighted by Crippen LogP contribution is -2.10. The summed E-state index contributed by atoms with van der Waals surface area (Å²) in [5, 5.41) is 0. The number of hydrogen-bond acceptors (Lipinski definition) is 3. The minimum Gasteiger partial charge on any atom is -0.324 e. The van der Waals surface area contributed by atoms with Crippen LogP contribution in [0.25, 0.3) is 0 Å². The Morgan fingerprint density at radius 1 is 1.21 bits per heavy atom. The van der Waals surface area contributed by atoms with Crippen molar-refractivity contribution >= 4 is 0 Å². The van der Waals surface area contributed by atoms with Crippen LogP contribution in [-0.4, -0.2) is 9.97 Å². The topological polar surface area (TPSA) is 51.8 Å². The van der Waals surface area contributed by atoms with E-state index in [1.165, 1.54) is 32.0 Å². The molecule has 1 unspecified atom stereocenters. The summed E-state index contributed by atoms with van der Waals surface area (Å²) in [7, 11) is 0. The molecule has 0 spiro atoms. The molecule has 0 bridgehead atoms. The number of aromatic nitrogens is 2. The first-order chi connectivity index (χ1) is 6.84. The lowest BCUT2D eigenvalue weighted by Gasteiger charge is -2.10. The van der Waals surface area contributed by atoms with Crippen molar-refractivity contribution < 1.29 is 0 Å². The summed E-state index contributed by atoms with van der Waals surface area (Å²) in [4.78, 5) is 7.92. The van der Waals surface area contributed by atoms with E-state index in [4.69, 9.17) is 5.73 Å². The number of rotatable bonds is 6. The molecule has 14 heavy (non-hydrogen) atoms. The Balaban J connectivity index is 2.25. The molecule has 0 aliphatic heterocycles. The van der Waals surface area contributed by atoms with Crippen LogP contribution in [0.4, 0.5) is 0 Å². The molecule has 0 aliphatic carbocycles. The summed E-state index contributed by atoms with van der Waals surface area (Å²) in [5.74, 6) is 0. The summed E-state index contributed by atoms with van der Waals surface area (Å²) < 4.78 is 0. The van der Waals surface area contributed by atoms with Crippen molar-refractivity contribution in [3.63, 3.8) is 0 Å². The molecule has 0 fully saturated rings. The Kier molecular flexibility index (Phi) is 5.15. The van der Waals surface area contributed by atoms with Gasteiger partial charge >= 0.3 is 0 Å². The highest BCUT2D eigenvalue weighted by Crippen LogP contribution is 2.15. The average molecular weight is 193 g/mol. The van der Waals surface area contributed by atoms with Gasteiger partial charge in [-0.1, -0.05) is 32.6 Å². The van der Waals surface area contributed by atoms with E-state index in [-0.39, 0.29) is 6.04 Å². The molecule has 0 amide bonds. The zero-order valence-corrected chi connectivity index (χ0v) is 8.82. The third-order valence-corrected chi connectivity index (χ3v) is 2.38. The first kappa shape index (κ1) is 11.1. The highest BCUT2D eigenvalue weighted by molar-refractivity contribution is 5.07. The third-order valence-electron chi connectivity index (χ3n) is 2.38. The van der Waals surface area contributed by atoms with Crippen LogP contribution in [0, 0.1) is 0 Å². The number of nitrogens with two attached hydrogens (primary N) is 1. The maximum atomic E-state index is 6.00. The monoisotopic (exact) mass is 193 g/mol. The standard InChI is InChI=1S/C11H19N3/c1-2-3-4-5-6-11(12)10-7-13-9-14-8-10/h7-9,11H,2-6,12H2,1H3. The molecule has 1 aromatic rings. The van der Waals surface area contributed by atoms with E-state index in [2.05, 4.69) is 16.9 Å². The lowest BCUT2D eigenvalue weighted by molar-refractivity contribution is 0.563. The Hall–Kier alpha value is -0.960. The molecule has 1 atom stereocenters. The Bertz CT molecular complexity index is 236. The smallest absolute Gasteiger partial charge is 0.115 e. The molecule has 78 valence electrons. The van der Waals surface area contributed by atoms with Gasteiger partial charge in [-0.15, -0.1) is 0 Å². The normalized spacial score (nSPS) is 12.7. The van der Waals surface area contributed by atoms with E-state index >= 15 is 0 Å².